The van der Waals surface area contributed by atoms with Gasteiger partial charge in [0.1, 0.15) is 53.8 Å². The lowest BCUT2D eigenvalue weighted by Gasteiger charge is -2.29. The summed E-state index contributed by atoms with van der Waals surface area (Å²) in [5, 5.41) is 35.9. The normalized spacial score (nSPS) is 24.1. The number of hydrogen-bond acceptors (Lipinski definition) is 18. The second kappa shape index (κ2) is 38.5. The third kappa shape index (κ3) is 26.2. The number of anilines is 1. The quantitative estimate of drug-likeness (QED) is 0.0640. The molecule has 10 atom stereocenters. The highest BCUT2D eigenvalue weighted by atomic mass is 16.5. The van der Waals surface area contributed by atoms with Crippen LogP contribution in [0, 0.1) is 17.8 Å². The summed E-state index contributed by atoms with van der Waals surface area (Å²) in [5.74, 6) is -12.6. The van der Waals surface area contributed by atoms with Crippen LogP contribution in [0.5, 0.6) is 11.5 Å². The van der Waals surface area contributed by atoms with E-state index in [1.807, 2.05) is 13.8 Å². The number of nitrogens with one attached hydrogen (secondary N) is 12. The van der Waals surface area contributed by atoms with Crippen molar-refractivity contribution >= 4 is 82.5 Å². The maximum absolute atomic E-state index is 14.1. The Labute approximate surface area is 529 Å². The monoisotopic (exact) mass is 1280 g/mol. The van der Waals surface area contributed by atoms with E-state index in [1.54, 1.807) is 27.7 Å². The molecule has 0 spiro atoms. The van der Waals surface area contributed by atoms with Crippen molar-refractivity contribution in [1.29, 1.82) is 0 Å². The zero-order valence-corrected chi connectivity index (χ0v) is 53.0. The van der Waals surface area contributed by atoms with Gasteiger partial charge in [-0.05, 0) is 125 Å². The van der Waals surface area contributed by atoms with Crippen molar-refractivity contribution in [2.75, 3.05) is 32.1 Å². The predicted molar refractivity (Wildman–Crippen MR) is 334 cm³/mol. The van der Waals surface area contributed by atoms with Crippen LogP contribution in [-0.2, 0) is 64.0 Å². The number of carbonyl (C=O) groups is 13. The number of ether oxygens (including phenoxy) is 1. The summed E-state index contributed by atoms with van der Waals surface area (Å²) in [4.78, 5) is 176. The Hall–Kier alpha value is -8.97. The molecule has 0 saturated carbocycles. The average Bonchev–Trinajstić information content (AvgIpc) is 1.91. The molecule has 504 valence electrons. The van der Waals surface area contributed by atoms with Crippen molar-refractivity contribution in [2.45, 2.75) is 180 Å². The van der Waals surface area contributed by atoms with Gasteiger partial charge in [0.25, 0.3) is 11.8 Å². The summed E-state index contributed by atoms with van der Waals surface area (Å²) in [6, 6.07) is -1.98. The van der Waals surface area contributed by atoms with Crippen molar-refractivity contribution in [1.82, 2.24) is 58.7 Å². The number of carbonyl (C=O) groups excluding carboxylic acids is 13. The second-order valence-electron chi connectivity index (χ2n) is 23.2. The molecule has 1 aliphatic rings. The Bertz CT molecular complexity index is 2860. The summed E-state index contributed by atoms with van der Waals surface area (Å²) in [7, 11) is 1.26. The number of benzene rings is 2. The molecule has 0 fully saturated rings. The summed E-state index contributed by atoms with van der Waals surface area (Å²) in [6.07, 6.45) is 0.691. The van der Waals surface area contributed by atoms with Gasteiger partial charge in [0.05, 0.1) is 24.8 Å². The van der Waals surface area contributed by atoms with Gasteiger partial charge in [-0.2, -0.15) is 0 Å². The maximum Gasteiger partial charge on any atom is 0.313 e. The first-order valence-corrected chi connectivity index (χ1v) is 30.5. The first kappa shape index (κ1) is 76.3. The Balaban J connectivity index is 1.99. The Kier molecular flexibility index (Phi) is 32.3. The van der Waals surface area contributed by atoms with Gasteiger partial charge in [0.15, 0.2) is 0 Å². The zero-order valence-electron chi connectivity index (χ0n) is 53.0. The number of aromatic hydroxyl groups is 1. The number of nitrogens with two attached hydrogens (primary N) is 4. The SMILES string of the molecule is CC[C@H](C)[C@@H]1NC(=O)[C@H](CCC(N)=O)NC(=O)[C@H](C(C)C)NC(=O)[C@@H](N)CCCNC(=O)[C@H](CC(C)C)NC(=O)[C@H](CCCCN)NC(=O)C(=O)Nc2ccc(OC)c(c2)C(=O)NNC(=O)[C@@H](N)CCCNC(=O)[C@H](Cc2ccc(O)cc2)NC(=O)[C@H](C)NC1=O. The van der Waals surface area contributed by atoms with Crippen LogP contribution < -0.4 is 91.7 Å². The number of primary amides is 1. The molecule has 31 heteroatoms. The predicted octanol–water partition coefficient (Wildman–Crippen LogP) is -2.64. The first-order valence-electron chi connectivity index (χ1n) is 30.5. The third-order valence-corrected chi connectivity index (χ3v) is 14.9. The van der Waals surface area contributed by atoms with Crippen LogP contribution in [-0.4, -0.2) is 163 Å². The van der Waals surface area contributed by atoms with E-state index in [9.17, 15) is 67.4 Å². The maximum atomic E-state index is 14.1. The van der Waals surface area contributed by atoms with Gasteiger partial charge in [-0.15, -0.1) is 0 Å². The van der Waals surface area contributed by atoms with Crippen LogP contribution in [0.3, 0.4) is 0 Å². The van der Waals surface area contributed by atoms with Crippen molar-refractivity contribution in [2.24, 2.45) is 40.7 Å². The number of hydrazine groups is 1. The van der Waals surface area contributed by atoms with E-state index in [0.29, 0.717) is 24.8 Å². The molecule has 2 bridgehead atoms. The van der Waals surface area contributed by atoms with Gasteiger partial charge in [-0.3, -0.25) is 73.2 Å². The number of hydrogen-bond donors (Lipinski definition) is 17. The summed E-state index contributed by atoms with van der Waals surface area (Å²) in [5.41, 5.74) is 28.3. The van der Waals surface area contributed by atoms with Crippen molar-refractivity contribution in [3.05, 3.63) is 53.6 Å². The molecule has 13 amide bonds. The smallest absolute Gasteiger partial charge is 0.313 e. The summed E-state index contributed by atoms with van der Waals surface area (Å²) in [6.45, 7) is 11.8. The minimum atomic E-state index is -1.48. The number of amides is 13. The molecule has 3 rings (SSSR count). The highest BCUT2D eigenvalue weighted by Crippen LogP contribution is 2.23. The highest BCUT2D eigenvalue weighted by molar-refractivity contribution is 6.40. The van der Waals surface area contributed by atoms with Gasteiger partial charge in [0, 0.05) is 31.6 Å². The number of methoxy groups -OCH3 is 1. The molecule has 1 aliphatic heterocycles. The number of unbranched alkanes of at least 4 members (excludes halogenated alkanes) is 1. The lowest BCUT2D eigenvalue weighted by atomic mass is 9.96. The second-order valence-corrected chi connectivity index (χ2v) is 23.2. The van der Waals surface area contributed by atoms with Gasteiger partial charge in [0.2, 0.25) is 53.2 Å². The Morgan fingerprint density at radius 3 is 1.75 bits per heavy atom. The molecule has 2 aromatic carbocycles. The minimum absolute atomic E-state index is 0.00576. The first-order chi connectivity index (χ1) is 43.0. The van der Waals surface area contributed by atoms with E-state index in [1.165, 1.54) is 50.4 Å². The molecule has 0 unspecified atom stereocenters. The Morgan fingerprint density at radius 2 is 1.16 bits per heavy atom. The van der Waals surface area contributed by atoms with Crippen LogP contribution in [0.2, 0.25) is 0 Å². The van der Waals surface area contributed by atoms with E-state index in [-0.39, 0.29) is 106 Å². The van der Waals surface area contributed by atoms with Gasteiger partial charge in [-0.1, -0.05) is 60.1 Å². The lowest BCUT2D eigenvalue weighted by Crippen LogP contribution is -2.61. The fourth-order valence-corrected chi connectivity index (χ4v) is 9.28. The van der Waals surface area contributed by atoms with E-state index >= 15 is 0 Å². The third-order valence-electron chi connectivity index (χ3n) is 14.9. The molecule has 31 nitrogen and oxygen atoms in total. The lowest BCUT2D eigenvalue weighted by molar-refractivity contribution is -0.138. The van der Waals surface area contributed by atoms with Crippen molar-refractivity contribution in [3.63, 3.8) is 0 Å². The molecule has 21 N–H and O–H groups in total. The molecule has 91 heavy (non-hydrogen) atoms. The molecular formula is C60H94N16O15. The van der Waals surface area contributed by atoms with Crippen LogP contribution in [0.1, 0.15) is 135 Å². The molecule has 0 aliphatic carbocycles. The molecule has 2 aromatic rings. The summed E-state index contributed by atoms with van der Waals surface area (Å²) < 4.78 is 5.32. The van der Waals surface area contributed by atoms with Crippen molar-refractivity contribution in [3.8, 4) is 11.5 Å². The average molecular weight is 1280 g/mol. The summed E-state index contributed by atoms with van der Waals surface area (Å²) >= 11 is 0. The van der Waals surface area contributed by atoms with E-state index < -0.39 is 143 Å². The van der Waals surface area contributed by atoms with Crippen LogP contribution in [0.25, 0.3) is 0 Å². The van der Waals surface area contributed by atoms with Gasteiger partial charge >= 0.3 is 11.8 Å². The fourth-order valence-electron chi connectivity index (χ4n) is 9.28. The Morgan fingerprint density at radius 1 is 0.604 bits per heavy atom. The standard InChI is InChI=1S/C60H94N16O15/c1-9-33(6)48-58(88)67-34(7)49(79)71-44(29-35-17-20-37(77)21-18-35)54(84)66-27-13-15-40(63)52(82)76-75-50(80)38-30-36(19-23-45(38)91-8)68-59(89)60(90)70-41(16-10-11-25-61)55(85)72-43(28-31(2)3)53(83)65-26-12-14-39(62)51(81)73-47(32(4)5)57(87)69-42(56(86)74-48)22-24-46(64)78/h17-21,23,30-34,39-44,47-48,77H,9-16,22,24-29,61-63H2,1-8H3,(H2,64,78)(H,65,83)(H,66,84)(H,67,88)(H,68,89)(H,69,87)(H,70,90)(H,71,79)(H,72,85)(H,73,81)(H,74,86)(H,75,80)(H,76,82)/t33-,34-,39-,40-,41-,42-,43-,44-,47-,48-/m0/s1. The van der Waals surface area contributed by atoms with Crippen LogP contribution in [0.4, 0.5) is 5.69 Å². The minimum Gasteiger partial charge on any atom is -0.508 e. The highest BCUT2D eigenvalue weighted by Gasteiger charge is 2.36. The topological polar surface area (TPSA) is 500 Å². The van der Waals surface area contributed by atoms with E-state index in [0.717, 1.165) is 6.07 Å². The number of phenolic OH excluding ortho intramolecular Hbond substituents is 1. The number of phenols is 1. The molecule has 0 aromatic heterocycles. The molecule has 0 saturated heterocycles. The van der Waals surface area contributed by atoms with E-state index in [4.69, 9.17) is 27.7 Å². The van der Waals surface area contributed by atoms with Crippen LogP contribution >= 0.6 is 0 Å². The number of rotatable bonds is 15. The molecular weight excluding hydrogens is 1180 g/mol. The van der Waals surface area contributed by atoms with Gasteiger partial charge < -0.3 is 85.9 Å². The number of fused-ring (bicyclic) bond motifs is 2. The molecule has 1 heterocycles. The largest absolute Gasteiger partial charge is 0.508 e. The van der Waals surface area contributed by atoms with Crippen LogP contribution in [0.15, 0.2) is 42.5 Å². The molecule has 0 radical (unpaired) electrons. The van der Waals surface area contributed by atoms with E-state index in [2.05, 4.69) is 64.0 Å². The van der Waals surface area contributed by atoms with Crippen molar-refractivity contribution < 1.29 is 72.2 Å². The zero-order chi connectivity index (χ0) is 68.1. The van der Waals surface area contributed by atoms with Gasteiger partial charge in [-0.25, -0.2) is 0 Å². The fraction of sp³-hybridized carbons (Fsp3) is 0.583.